The molecule has 0 aliphatic rings. The van der Waals surface area contributed by atoms with Gasteiger partial charge in [0, 0.05) is 12.6 Å². The molecule has 2 N–H and O–H groups in total. The number of carbonyl (C=O) groups is 1. The van der Waals surface area contributed by atoms with Gasteiger partial charge in [0.1, 0.15) is 5.52 Å². The van der Waals surface area contributed by atoms with Crippen molar-refractivity contribution >= 4 is 22.8 Å². The molecule has 0 spiro atoms. The van der Waals surface area contributed by atoms with Gasteiger partial charge >= 0.3 is 5.97 Å². The number of aromatic nitrogens is 1. The van der Waals surface area contributed by atoms with E-state index in [0.29, 0.717) is 11.4 Å². The standard InChI is InChI=1S/C10H10N2O3/c1-5-12-8-4-7(11)6(10(13)14-2)3-9(8)15-5/h3-4H,11H2,1-2H3/i3T. The average molecular weight is 208 g/mol. The highest BCUT2D eigenvalue weighted by atomic mass is 16.5. The van der Waals surface area contributed by atoms with Gasteiger partial charge in [0.15, 0.2) is 11.5 Å². The molecule has 0 saturated heterocycles. The lowest BCUT2D eigenvalue weighted by molar-refractivity contribution is 0.0602. The van der Waals surface area contributed by atoms with Crippen molar-refractivity contribution in [3.05, 3.63) is 23.6 Å². The summed E-state index contributed by atoms with van der Waals surface area (Å²) in [5.41, 5.74) is 6.55. The van der Waals surface area contributed by atoms with Gasteiger partial charge in [0.2, 0.25) is 0 Å². The van der Waals surface area contributed by atoms with Crippen molar-refractivity contribution in [2.45, 2.75) is 6.92 Å². The maximum absolute atomic E-state index is 11.4. The fourth-order valence-corrected chi connectivity index (χ4v) is 1.31. The molecule has 1 aromatic carbocycles. The first-order valence-corrected chi connectivity index (χ1v) is 4.29. The molecule has 0 atom stereocenters. The summed E-state index contributed by atoms with van der Waals surface area (Å²) < 4.78 is 17.6. The molecule has 15 heavy (non-hydrogen) atoms. The number of carbonyl (C=O) groups excluding carboxylic acids is 1. The number of ether oxygens (including phenoxy) is 1. The first-order chi connectivity index (χ1) is 7.54. The molecule has 2 aromatic rings. The number of methoxy groups -OCH3 is 1. The normalized spacial score (nSPS) is 11.5. The van der Waals surface area contributed by atoms with E-state index in [9.17, 15) is 4.79 Å². The third-order valence-corrected chi connectivity index (χ3v) is 1.97. The third-order valence-electron chi connectivity index (χ3n) is 1.97. The van der Waals surface area contributed by atoms with Crippen molar-refractivity contribution in [2.75, 3.05) is 12.8 Å². The van der Waals surface area contributed by atoms with Crippen LogP contribution >= 0.6 is 0 Å². The van der Waals surface area contributed by atoms with E-state index in [4.69, 9.17) is 11.5 Å². The molecule has 0 radical (unpaired) electrons. The van der Waals surface area contributed by atoms with Crippen LogP contribution in [0, 0.1) is 6.92 Å². The van der Waals surface area contributed by atoms with Crippen molar-refractivity contribution in [3.8, 4) is 0 Å². The highest BCUT2D eigenvalue weighted by Crippen LogP contribution is 2.22. The monoisotopic (exact) mass is 208 g/mol. The molecule has 0 amide bonds. The second-order valence-electron chi connectivity index (χ2n) is 3.04. The van der Waals surface area contributed by atoms with Crippen LogP contribution in [0.25, 0.3) is 11.1 Å². The number of rotatable bonds is 1. The van der Waals surface area contributed by atoms with Crippen molar-refractivity contribution < 1.29 is 15.3 Å². The van der Waals surface area contributed by atoms with Crippen LogP contribution in [0.2, 0.25) is 0 Å². The zero-order valence-corrected chi connectivity index (χ0v) is 8.33. The summed E-state index contributed by atoms with van der Waals surface area (Å²) >= 11 is 0. The smallest absolute Gasteiger partial charge is 0.340 e. The Morgan fingerprint density at radius 3 is 3.13 bits per heavy atom. The average Bonchev–Trinajstić information content (AvgIpc) is 2.58. The quantitative estimate of drug-likeness (QED) is 0.567. The van der Waals surface area contributed by atoms with E-state index in [1.807, 2.05) is 0 Å². The number of nitrogens with two attached hydrogens (primary N) is 1. The molecule has 5 nitrogen and oxygen atoms in total. The van der Waals surface area contributed by atoms with E-state index >= 15 is 0 Å². The second-order valence-corrected chi connectivity index (χ2v) is 3.04. The zero-order valence-electron chi connectivity index (χ0n) is 9.33. The topological polar surface area (TPSA) is 78.4 Å². The summed E-state index contributed by atoms with van der Waals surface area (Å²) in [6.45, 7) is 1.66. The van der Waals surface area contributed by atoms with E-state index < -0.39 is 5.97 Å². The second kappa shape index (κ2) is 3.27. The summed E-state index contributed by atoms with van der Waals surface area (Å²) in [5.74, 6) is -0.233. The number of hydrogen-bond donors (Lipinski definition) is 1. The predicted octanol–water partition coefficient (Wildman–Crippen LogP) is 1.51. The molecule has 2 rings (SSSR count). The van der Waals surface area contributed by atoms with Gasteiger partial charge in [0.05, 0.1) is 14.0 Å². The highest BCUT2D eigenvalue weighted by Gasteiger charge is 2.13. The van der Waals surface area contributed by atoms with E-state index in [0.717, 1.165) is 0 Å². The van der Waals surface area contributed by atoms with Gasteiger partial charge in [-0.2, -0.15) is 0 Å². The summed E-state index contributed by atoms with van der Waals surface area (Å²) in [6, 6.07) is 1.40. The minimum atomic E-state index is -0.654. The number of oxazole rings is 1. The Kier molecular flexibility index (Phi) is 1.81. The Balaban J connectivity index is 2.79. The molecule has 78 valence electrons. The van der Waals surface area contributed by atoms with Crippen molar-refractivity contribution in [1.82, 2.24) is 4.98 Å². The molecule has 5 heteroatoms. The highest BCUT2D eigenvalue weighted by molar-refractivity contribution is 5.99. The number of nitrogen functional groups attached to an aromatic ring is 1. The van der Waals surface area contributed by atoms with Gasteiger partial charge in [-0.1, -0.05) is 0 Å². The molecule has 0 bridgehead atoms. The minimum Gasteiger partial charge on any atom is -0.465 e. The van der Waals surface area contributed by atoms with Crippen LogP contribution in [0.15, 0.2) is 16.5 Å². The molecular weight excluding hydrogens is 196 g/mol. The van der Waals surface area contributed by atoms with Crippen molar-refractivity contribution in [2.24, 2.45) is 0 Å². The lowest BCUT2D eigenvalue weighted by Crippen LogP contribution is -2.05. The maximum Gasteiger partial charge on any atom is 0.340 e. The molecule has 0 aliphatic heterocycles. The van der Waals surface area contributed by atoms with Crippen LogP contribution in [-0.2, 0) is 4.74 Å². The van der Waals surface area contributed by atoms with Crippen LogP contribution in [0.4, 0.5) is 5.69 Å². The Bertz CT molecular complexity index is 577. The number of esters is 1. The van der Waals surface area contributed by atoms with E-state index in [-0.39, 0.29) is 22.9 Å². The van der Waals surface area contributed by atoms with Crippen LogP contribution in [0.3, 0.4) is 0 Å². The summed E-state index contributed by atoms with van der Waals surface area (Å²) in [5, 5.41) is 0. The van der Waals surface area contributed by atoms with Gasteiger partial charge in [-0.15, -0.1) is 0 Å². The fourth-order valence-electron chi connectivity index (χ4n) is 1.31. The first-order valence-electron chi connectivity index (χ1n) is 4.79. The van der Waals surface area contributed by atoms with Crippen LogP contribution in [0.5, 0.6) is 0 Å². The molecule has 0 unspecified atom stereocenters. The number of benzene rings is 1. The van der Waals surface area contributed by atoms with Crippen LogP contribution in [-0.4, -0.2) is 18.1 Å². The number of anilines is 1. The van der Waals surface area contributed by atoms with Crippen LogP contribution < -0.4 is 5.73 Å². The largest absolute Gasteiger partial charge is 0.465 e. The third kappa shape index (κ3) is 1.52. The van der Waals surface area contributed by atoms with Gasteiger partial charge in [-0.3, -0.25) is 0 Å². The van der Waals surface area contributed by atoms with E-state index in [1.54, 1.807) is 6.92 Å². The van der Waals surface area contributed by atoms with Crippen LogP contribution in [0.1, 0.15) is 17.6 Å². The molecule has 0 aliphatic carbocycles. The summed E-state index contributed by atoms with van der Waals surface area (Å²) in [6.07, 6.45) is 0. The van der Waals surface area contributed by atoms with Gasteiger partial charge < -0.3 is 14.9 Å². The molecule has 1 aromatic heterocycles. The predicted molar refractivity (Wildman–Crippen MR) is 54.5 cm³/mol. The van der Waals surface area contributed by atoms with Gasteiger partial charge in [0.25, 0.3) is 0 Å². The lowest BCUT2D eigenvalue weighted by Gasteiger charge is -2.01. The van der Waals surface area contributed by atoms with E-state index in [2.05, 4.69) is 9.72 Å². The molecule has 1 heterocycles. The Morgan fingerprint density at radius 2 is 2.47 bits per heavy atom. The lowest BCUT2D eigenvalue weighted by atomic mass is 10.1. The molecular formula is C10H10N2O3. The summed E-state index contributed by atoms with van der Waals surface area (Å²) in [7, 11) is 1.23. The van der Waals surface area contributed by atoms with E-state index in [1.165, 1.54) is 13.2 Å². The summed E-state index contributed by atoms with van der Waals surface area (Å²) in [4.78, 5) is 15.5. The van der Waals surface area contributed by atoms with Gasteiger partial charge in [-0.25, -0.2) is 9.78 Å². The van der Waals surface area contributed by atoms with Gasteiger partial charge in [-0.05, 0) is 12.1 Å². The number of fused-ring (bicyclic) bond motifs is 1. The SMILES string of the molecule is [3H]c1c(C(=O)OC)c(N)cc2nc(C)oc12. The van der Waals surface area contributed by atoms with Crippen molar-refractivity contribution in [3.63, 3.8) is 0 Å². The minimum absolute atomic E-state index is 0.00569. The first kappa shape index (κ1) is 8.28. The Morgan fingerprint density at radius 1 is 1.73 bits per heavy atom. The number of hydrogen-bond acceptors (Lipinski definition) is 5. The molecule has 0 fully saturated rings. The molecule has 0 saturated carbocycles. The Hall–Kier alpha value is -2.04. The fraction of sp³-hybridized carbons (Fsp3) is 0.200. The number of nitrogens with zero attached hydrogens (tertiary/aromatic N) is 1. The number of aryl methyl sites for hydroxylation is 1. The van der Waals surface area contributed by atoms with Crippen molar-refractivity contribution in [1.29, 1.82) is 0 Å². The zero-order chi connectivity index (χ0) is 11.9. The maximum atomic E-state index is 11.4. The Labute approximate surface area is 87.2 Å².